The predicted molar refractivity (Wildman–Crippen MR) is 147 cm³/mol. The lowest BCUT2D eigenvalue weighted by atomic mass is 9.95. The Morgan fingerprint density at radius 2 is 1.89 bits per heavy atom. The minimum Gasteiger partial charge on any atom is -0.497 e. The summed E-state index contributed by atoms with van der Waals surface area (Å²) in [5.74, 6) is 0.151. The molecular formula is C29H31N3O5S. The summed E-state index contributed by atoms with van der Waals surface area (Å²) in [5.41, 5.74) is 3.47. The molecule has 0 radical (unpaired) electrons. The van der Waals surface area contributed by atoms with Gasteiger partial charge in [0.25, 0.3) is 5.56 Å². The maximum absolute atomic E-state index is 13.8. The maximum atomic E-state index is 13.8. The van der Waals surface area contributed by atoms with Gasteiger partial charge in [0, 0.05) is 18.8 Å². The SMILES string of the molecule is COc1cccc([C@@H]2C(C(=O)OC(C)C)=C(C)N=c3s/c(=C\c4ccc(N5CCOCC5)cc4)c(=O)n32)c1. The van der Waals surface area contributed by atoms with E-state index in [4.69, 9.17) is 14.2 Å². The summed E-state index contributed by atoms with van der Waals surface area (Å²) in [7, 11) is 1.59. The molecule has 1 aromatic heterocycles. The number of thiazole rings is 1. The van der Waals surface area contributed by atoms with Gasteiger partial charge in [0.2, 0.25) is 0 Å². The quantitative estimate of drug-likeness (QED) is 0.453. The Balaban J connectivity index is 1.59. The van der Waals surface area contributed by atoms with Crippen molar-refractivity contribution in [3.05, 3.63) is 90.6 Å². The number of carbonyl (C=O) groups excluding carboxylic acids is 1. The molecule has 0 aliphatic carbocycles. The van der Waals surface area contributed by atoms with Gasteiger partial charge in [-0.05, 0) is 62.2 Å². The number of aromatic nitrogens is 1. The number of esters is 1. The van der Waals surface area contributed by atoms with Crippen molar-refractivity contribution < 1.29 is 19.0 Å². The second-order valence-corrected chi connectivity index (χ2v) is 10.5. The molecule has 1 atom stereocenters. The van der Waals surface area contributed by atoms with Crippen molar-refractivity contribution in [2.45, 2.75) is 32.9 Å². The first-order chi connectivity index (χ1) is 18.4. The fourth-order valence-corrected chi connectivity index (χ4v) is 5.79. The molecule has 0 spiro atoms. The van der Waals surface area contributed by atoms with Crippen molar-refractivity contribution in [3.8, 4) is 5.75 Å². The Morgan fingerprint density at radius 3 is 2.58 bits per heavy atom. The molecule has 8 nitrogen and oxygen atoms in total. The number of morpholine rings is 1. The van der Waals surface area contributed by atoms with Crippen LogP contribution in [-0.4, -0.2) is 50.1 Å². The lowest BCUT2D eigenvalue weighted by molar-refractivity contribution is -0.143. The van der Waals surface area contributed by atoms with Gasteiger partial charge in [0.1, 0.15) is 5.75 Å². The second kappa shape index (κ2) is 11.0. The van der Waals surface area contributed by atoms with Crippen molar-refractivity contribution in [1.29, 1.82) is 0 Å². The third-order valence-electron chi connectivity index (χ3n) is 6.56. The van der Waals surface area contributed by atoms with E-state index in [2.05, 4.69) is 22.0 Å². The first kappa shape index (κ1) is 25.9. The van der Waals surface area contributed by atoms with Crippen molar-refractivity contribution in [2.24, 2.45) is 4.99 Å². The van der Waals surface area contributed by atoms with Crippen LogP contribution in [0.1, 0.15) is 37.9 Å². The molecule has 5 rings (SSSR count). The van der Waals surface area contributed by atoms with Gasteiger partial charge in [0.15, 0.2) is 4.80 Å². The standard InChI is InChI=1S/C29H31N3O5S/c1-18(2)37-28(34)25-19(3)30-29-32(26(25)21-6-5-7-23(17-21)35-4)27(33)24(38-29)16-20-8-10-22(11-9-20)31-12-14-36-15-13-31/h5-11,16-18,26H,12-15H2,1-4H3/b24-16-/t26-/m1/s1. The average Bonchev–Trinajstić information content (AvgIpc) is 3.22. The smallest absolute Gasteiger partial charge is 0.338 e. The number of fused-ring (bicyclic) bond motifs is 1. The molecule has 0 saturated carbocycles. The van der Waals surface area contributed by atoms with E-state index in [1.54, 1.807) is 32.4 Å². The highest BCUT2D eigenvalue weighted by molar-refractivity contribution is 7.07. The number of anilines is 1. The van der Waals surface area contributed by atoms with Gasteiger partial charge < -0.3 is 19.1 Å². The molecule has 2 aliphatic heterocycles. The molecule has 2 aliphatic rings. The molecule has 198 valence electrons. The van der Waals surface area contributed by atoms with Gasteiger partial charge in [-0.2, -0.15) is 0 Å². The van der Waals surface area contributed by atoms with Crippen LogP contribution in [-0.2, 0) is 14.3 Å². The Hall–Kier alpha value is -3.69. The number of hydrogen-bond donors (Lipinski definition) is 0. The summed E-state index contributed by atoms with van der Waals surface area (Å²) in [6.45, 7) is 8.56. The summed E-state index contributed by atoms with van der Waals surface area (Å²) in [6, 6.07) is 14.9. The fraction of sp³-hybridized carbons (Fsp3) is 0.345. The molecule has 38 heavy (non-hydrogen) atoms. The van der Waals surface area contributed by atoms with Gasteiger partial charge in [-0.3, -0.25) is 9.36 Å². The molecule has 2 aromatic carbocycles. The van der Waals surface area contributed by atoms with Gasteiger partial charge in [0.05, 0.1) is 48.3 Å². The van der Waals surface area contributed by atoms with Crippen LogP contribution in [0.5, 0.6) is 5.75 Å². The van der Waals surface area contributed by atoms with Crippen LogP contribution in [0.15, 0.2) is 69.6 Å². The Labute approximate surface area is 225 Å². The molecule has 9 heteroatoms. The lowest BCUT2D eigenvalue weighted by Gasteiger charge is -2.28. The minimum atomic E-state index is -0.682. The molecule has 0 N–H and O–H groups in total. The predicted octanol–water partition coefficient (Wildman–Crippen LogP) is 3.03. The van der Waals surface area contributed by atoms with Crippen LogP contribution in [0.3, 0.4) is 0 Å². The van der Waals surface area contributed by atoms with E-state index in [0.29, 0.717) is 26.4 Å². The monoisotopic (exact) mass is 533 g/mol. The zero-order chi connectivity index (χ0) is 26.8. The highest BCUT2D eigenvalue weighted by Gasteiger charge is 2.34. The summed E-state index contributed by atoms with van der Waals surface area (Å²) in [6.07, 6.45) is 1.57. The van der Waals surface area contributed by atoms with E-state index in [9.17, 15) is 9.59 Å². The maximum Gasteiger partial charge on any atom is 0.338 e. The van der Waals surface area contributed by atoms with Crippen LogP contribution in [0.2, 0.25) is 0 Å². The van der Waals surface area contributed by atoms with Gasteiger partial charge in [-0.25, -0.2) is 9.79 Å². The van der Waals surface area contributed by atoms with Crippen LogP contribution in [0.4, 0.5) is 5.69 Å². The van der Waals surface area contributed by atoms with E-state index < -0.39 is 12.0 Å². The summed E-state index contributed by atoms with van der Waals surface area (Å²) >= 11 is 1.31. The fourth-order valence-electron chi connectivity index (χ4n) is 4.74. The lowest BCUT2D eigenvalue weighted by Crippen LogP contribution is -2.40. The zero-order valence-electron chi connectivity index (χ0n) is 22.0. The number of benzene rings is 2. The molecule has 1 saturated heterocycles. The molecular weight excluding hydrogens is 502 g/mol. The largest absolute Gasteiger partial charge is 0.497 e. The number of carbonyl (C=O) groups is 1. The van der Waals surface area contributed by atoms with Crippen LogP contribution < -0.4 is 24.5 Å². The normalized spacial score (nSPS) is 17.9. The van der Waals surface area contributed by atoms with Crippen molar-refractivity contribution >= 4 is 29.1 Å². The third kappa shape index (κ3) is 5.16. The van der Waals surface area contributed by atoms with E-state index >= 15 is 0 Å². The van der Waals surface area contributed by atoms with Gasteiger partial charge >= 0.3 is 5.97 Å². The van der Waals surface area contributed by atoms with E-state index in [-0.39, 0.29) is 11.7 Å². The molecule has 1 fully saturated rings. The first-order valence-electron chi connectivity index (χ1n) is 12.7. The van der Waals surface area contributed by atoms with Crippen molar-refractivity contribution in [1.82, 2.24) is 4.57 Å². The van der Waals surface area contributed by atoms with Crippen LogP contribution in [0, 0.1) is 0 Å². The van der Waals surface area contributed by atoms with Crippen molar-refractivity contribution in [2.75, 3.05) is 38.3 Å². The number of ether oxygens (including phenoxy) is 3. The molecule has 3 heterocycles. The zero-order valence-corrected chi connectivity index (χ0v) is 22.8. The number of allylic oxidation sites excluding steroid dienone is 1. The number of hydrogen-bond acceptors (Lipinski definition) is 8. The number of nitrogens with zero attached hydrogens (tertiary/aromatic N) is 3. The molecule has 0 amide bonds. The second-order valence-electron chi connectivity index (χ2n) is 9.50. The minimum absolute atomic E-state index is 0.207. The Bertz CT molecular complexity index is 1550. The van der Waals surface area contributed by atoms with Crippen molar-refractivity contribution in [3.63, 3.8) is 0 Å². The summed E-state index contributed by atoms with van der Waals surface area (Å²) in [5, 5.41) is 0. The average molecular weight is 534 g/mol. The number of methoxy groups -OCH3 is 1. The highest BCUT2D eigenvalue weighted by Crippen LogP contribution is 2.32. The third-order valence-corrected chi connectivity index (χ3v) is 7.54. The molecule has 0 bridgehead atoms. The summed E-state index contributed by atoms with van der Waals surface area (Å²) in [4.78, 5) is 34.5. The van der Waals surface area contributed by atoms with E-state index in [1.165, 1.54) is 11.3 Å². The number of rotatable bonds is 6. The molecule has 0 unspecified atom stereocenters. The van der Waals surface area contributed by atoms with Crippen LogP contribution in [0.25, 0.3) is 6.08 Å². The van der Waals surface area contributed by atoms with Gasteiger partial charge in [-0.1, -0.05) is 35.6 Å². The Morgan fingerprint density at radius 1 is 1.16 bits per heavy atom. The first-order valence-corrected chi connectivity index (χ1v) is 13.5. The van der Waals surface area contributed by atoms with Crippen LogP contribution >= 0.6 is 11.3 Å². The van der Waals surface area contributed by atoms with Gasteiger partial charge in [-0.15, -0.1) is 0 Å². The highest BCUT2D eigenvalue weighted by atomic mass is 32.1. The summed E-state index contributed by atoms with van der Waals surface area (Å²) < 4.78 is 18.6. The Kier molecular flexibility index (Phi) is 7.49. The molecule has 3 aromatic rings. The van der Waals surface area contributed by atoms with E-state index in [1.807, 2.05) is 42.5 Å². The van der Waals surface area contributed by atoms with E-state index in [0.717, 1.165) is 43.1 Å². The topological polar surface area (TPSA) is 82.4 Å².